The zero-order chi connectivity index (χ0) is 26.9. The van der Waals surface area contributed by atoms with E-state index >= 15 is 0 Å². The molecular weight excluding hydrogens is 493 g/mol. The molecule has 7 heteroatoms. The predicted octanol–water partition coefficient (Wildman–Crippen LogP) is 6.80. The SMILES string of the molecule is CCOc1ccc(Cl)c(/C(O)=C2\C(=O)C(=O)N(Cc3ccc(F)cc3)C2c2ccc(C(C)(C)C)cc2)c1. The number of hydrogen-bond acceptors (Lipinski definition) is 4. The van der Waals surface area contributed by atoms with E-state index in [0.29, 0.717) is 23.5 Å². The van der Waals surface area contributed by atoms with Gasteiger partial charge in [0.25, 0.3) is 11.7 Å². The molecule has 5 nitrogen and oxygen atoms in total. The lowest BCUT2D eigenvalue weighted by molar-refractivity contribution is -0.140. The van der Waals surface area contributed by atoms with Crippen LogP contribution < -0.4 is 4.74 Å². The average Bonchev–Trinajstić information content (AvgIpc) is 3.11. The van der Waals surface area contributed by atoms with Crippen LogP contribution in [0.2, 0.25) is 5.02 Å². The van der Waals surface area contributed by atoms with Gasteiger partial charge in [-0.25, -0.2) is 4.39 Å². The maximum Gasteiger partial charge on any atom is 0.295 e. The number of ether oxygens (including phenoxy) is 1. The number of rotatable bonds is 6. The first-order chi connectivity index (χ1) is 17.5. The molecule has 0 spiro atoms. The number of benzene rings is 3. The van der Waals surface area contributed by atoms with Crippen LogP contribution in [0.1, 0.15) is 56.0 Å². The lowest BCUT2D eigenvalue weighted by Crippen LogP contribution is -2.29. The van der Waals surface area contributed by atoms with E-state index in [1.807, 2.05) is 31.2 Å². The fourth-order valence-corrected chi connectivity index (χ4v) is 4.64. The van der Waals surface area contributed by atoms with Gasteiger partial charge in [-0.2, -0.15) is 0 Å². The summed E-state index contributed by atoms with van der Waals surface area (Å²) in [4.78, 5) is 28.0. The third-order valence-corrected chi connectivity index (χ3v) is 6.73. The Kier molecular flexibility index (Phi) is 7.42. The number of likely N-dealkylation sites (tertiary alicyclic amines) is 1. The number of halogens is 2. The van der Waals surface area contributed by atoms with Crippen molar-refractivity contribution in [3.63, 3.8) is 0 Å². The van der Waals surface area contributed by atoms with Crippen molar-refractivity contribution in [3.8, 4) is 5.75 Å². The van der Waals surface area contributed by atoms with Gasteiger partial charge in [0, 0.05) is 12.1 Å². The van der Waals surface area contributed by atoms with Gasteiger partial charge >= 0.3 is 0 Å². The molecule has 0 aliphatic carbocycles. The molecule has 0 aromatic heterocycles. The summed E-state index contributed by atoms with van der Waals surface area (Å²) in [6.45, 7) is 8.57. The summed E-state index contributed by atoms with van der Waals surface area (Å²) in [6.07, 6.45) is 0. The zero-order valence-electron chi connectivity index (χ0n) is 21.2. The van der Waals surface area contributed by atoms with Gasteiger partial charge in [-0.1, -0.05) is 68.8 Å². The molecule has 1 heterocycles. The fraction of sp³-hybridized carbons (Fsp3) is 0.267. The van der Waals surface area contributed by atoms with Crippen molar-refractivity contribution in [1.82, 2.24) is 4.90 Å². The molecule has 1 saturated heterocycles. The highest BCUT2D eigenvalue weighted by atomic mass is 35.5. The highest BCUT2D eigenvalue weighted by Gasteiger charge is 2.46. The fourth-order valence-electron chi connectivity index (χ4n) is 4.43. The van der Waals surface area contributed by atoms with Gasteiger partial charge in [-0.15, -0.1) is 0 Å². The van der Waals surface area contributed by atoms with Gasteiger partial charge in [0.15, 0.2) is 0 Å². The molecule has 1 aliphatic rings. The summed E-state index contributed by atoms with van der Waals surface area (Å²) in [5, 5.41) is 11.6. The first-order valence-electron chi connectivity index (χ1n) is 12.1. The minimum atomic E-state index is -0.870. The maximum atomic E-state index is 13.5. The smallest absolute Gasteiger partial charge is 0.295 e. The Balaban J connectivity index is 1.88. The topological polar surface area (TPSA) is 66.8 Å². The Morgan fingerprint density at radius 1 is 1.03 bits per heavy atom. The summed E-state index contributed by atoms with van der Waals surface area (Å²) in [7, 11) is 0. The van der Waals surface area contributed by atoms with Crippen LogP contribution in [-0.2, 0) is 21.5 Å². The third-order valence-electron chi connectivity index (χ3n) is 6.40. The molecule has 1 fully saturated rings. The van der Waals surface area contributed by atoms with E-state index in [-0.39, 0.29) is 33.9 Å². The molecule has 0 bridgehead atoms. The van der Waals surface area contributed by atoms with E-state index in [9.17, 15) is 19.1 Å². The van der Waals surface area contributed by atoms with E-state index < -0.39 is 23.5 Å². The van der Waals surface area contributed by atoms with Crippen LogP contribution in [-0.4, -0.2) is 28.3 Å². The normalized spacial score (nSPS) is 17.4. The molecule has 0 radical (unpaired) electrons. The van der Waals surface area contributed by atoms with Crippen molar-refractivity contribution in [2.75, 3.05) is 6.61 Å². The second kappa shape index (κ2) is 10.4. The van der Waals surface area contributed by atoms with Gasteiger partial charge in [-0.05, 0) is 59.4 Å². The molecule has 3 aromatic rings. The Morgan fingerprint density at radius 2 is 1.68 bits per heavy atom. The van der Waals surface area contributed by atoms with Crippen LogP contribution >= 0.6 is 11.6 Å². The summed E-state index contributed by atoms with van der Waals surface area (Å²) in [5.74, 6) is -1.88. The van der Waals surface area contributed by atoms with Crippen LogP contribution in [0.4, 0.5) is 4.39 Å². The quantitative estimate of drug-likeness (QED) is 0.220. The molecule has 192 valence electrons. The van der Waals surface area contributed by atoms with Gasteiger partial charge in [-0.3, -0.25) is 9.59 Å². The number of aliphatic hydroxyl groups is 1. The minimum Gasteiger partial charge on any atom is -0.507 e. The highest BCUT2D eigenvalue weighted by molar-refractivity contribution is 6.47. The number of ketones is 1. The standard InChI is InChI=1S/C30H29ClFNO4/c1-5-37-22-14-15-24(31)23(16-22)27(34)25-26(19-8-10-20(11-9-19)30(2,3)4)33(29(36)28(25)35)17-18-6-12-21(32)13-7-18/h6-16,26,34H,5,17H2,1-4H3/b27-25+. The van der Waals surface area contributed by atoms with Crippen LogP contribution in [0.25, 0.3) is 5.76 Å². The first-order valence-corrected chi connectivity index (χ1v) is 12.4. The van der Waals surface area contributed by atoms with Gasteiger partial charge < -0.3 is 14.7 Å². The number of carbonyl (C=O) groups is 2. The first kappa shape index (κ1) is 26.4. The van der Waals surface area contributed by atoms with E-state index in [1.54, 1.807) is 30.3 Å². The van der Waals surface area contributed by atoms with E-state index in [0.717, 1.165) is 5.56 Å². The number of amides is 1. The van der Waals surface area contributed by atoms with Crippen molar-refractivity contribution in [1.29, 1.82) is 0 Å². The van der Waals surface area contributed by atoms with Crippen LogP contribution in [0.15, 0.2) is 72.3 Å². The summed E-state index contributed by atoms with van der Waals surface area (Å²) in [6, 6.07) is 17.3. The second-order valence-electron chi connectivity index (χ2n) is 10.0. The van der Waals surface area contributed by atoms with Crippen molar-refractivity contribution >= 4 is 29.1 Å². The monoisotopic (exact) mass is 521 g/mol. The molecule has 1 unspecified atom stereocenters. The number of aliphatic hydroxyl groups excluding tert-OH is 1. The van der Waals surface area contributed by atoms with E-state index in [1.165, 1.54) is 17.0 Å². The van der Waals surface area contributed by atoms with Gasteiger partial charge in [0.1, 0.15) is 17.3 Å². The third kappa shape index (κ3) is 5.39. The largest absolute Gasteiger partial charge is 0.507 e. The van der Waals surface area contributed by atoms with Crippen molar-refractivity contribution in [3.05, 3.63) is 105 Å². The Morgan fingerprint density at radius 3 is 2.27 bits per heavy atom. The molecule has 1 N–H and O–H groups in total. The number of carbonyl (C=O) groups excluding carboxylic acids is 2. The summed E-state index contributed by atoms with van der Waals surface area (Å²) >= 11 is 6.40. The number of Topliss-reactive ketones (excluding diaryl/α,β-unsaturated/α-hetero) is 1. The molecule has 1 aliphatic heterocycles. The number of nitrogens with zero attached hydrogens (tertiary/aromatic N) is 1. The van der Waals surface area contributed by atoms with Gasteiger partial charge in [0.2, 0.25) is 0 Å². The Bertz CT molecular complexity index is 1360. The van der Waals surface area contributed by atoms with Crippen molar-refractivity contribution in [2.24, 2.45) is 0 Å². The van der Waals surface area contributed by atoms with E-state index in [4.69, 9.17) is 16.3 Å². The molecular formula is C30H29ClFNO4. The maximum absolute atomic E-state index is 13.5. The summed E-state index contributed by atoms with van der Waals surface area (Å²) < 4.78 is 19.0. The Hall–Kier alpha value is -3.64. The van der Waals surface area contributed by atoms with Crippen LogP contribution in [0.3, 0.4) is 0 Å². The predicted molar refractivity (Wildman–Crippen MR) is 142 cm³/mol. The second-order valence-corrected chi connectivity index (χ2v) is 10.4. The van der Waals surface area contributed by atoms with E-state index in [2.05, 4.69) is 20.8 Å². The van der Waals surface area contributed by atoms with Crippen LogP contribution in [0, 0.1) is 5.82 Å². The van der Waals surface area contributed by atoms with Crippen molar-refractivity contribution < 1.29 is 23.8 Å². The molecule has 37 heavy (non-hydrogen) atoms. The molecule has 3 aromatic carbocycles. The lowest BCUT2D eigenvalue weighted by atomic mass is 9.85. The molecule has 0 saturated carbocycles. The average molecular weight is 522 g/mol. The minimum absolute atomic E-state index is 0.0556. The summed E-state index contributed by atoms with van der Waals surface area (Å²) in [5.41, 5.74) is 2.43. The Labute approximate surface area is 221 Å². The highest BCUT2D eigenvalue weighted by Crippen LogP contribution is 2.42. The van der Waals surface area contributed by atoms with Crippen LogP contribution in [0.5, 0.6) is 5.75 Å². The molecule has 1 atom stereocenters. The van der Waals surface area contributed by atoms with Crippen molar-refractivity contribution in [2.45, 2.75) is 45.7 Å². The lowest BCUT2D eigenvalue weighted by Gasteiger charge is -2.26. The number of hydrogen-bond donors (Lipinski definition) is 1. The van der Waals surface area contributed by atoms with Gasteiger partial charge in [0.05, 0.1) is 23.2 Å². The molecule has 1 amide bonds. The zero-order valence-corrected chi connectivity index (χ0v) is 22.0. The molecule has 4 rings (SSSR count).